The number of hydrogen-bond acceptors (Lipinski definition) is 4. The summed E-state index contributed by atoms with van der Waals surface area (Å²) in [7, 11) is 0. The number of fused-ring (bicyclic) bond motifs is 1. The Morgan fingerprint density at radius 2 is 1.83 bits per heavy atom. The molecule has 0 amide bonds. The summed E-state index contributed by atoms with van der Waals surface area (Å²) in [6.07, 6.45) is 1.64. The van der Waals surface area contributed by atoms with Crippen molar-refractivity contribution in [3.05, 3.63) is 40.8 Å². The van der Waals surface area contributed by atoms with E-state index in [0.717, 1.165) is 11.1 Å². The van der Waals surface area contributed by atoms with Crippen LogP contribution in [0.1, 0.15) is 0 Å². The molecule has 0 fully saturated rings. The van der Waals surface area contributed by atoms with Crippen LogP contribution in [0.2, 0.25) is 10.3 Å². The Kier molecular flexibility index (Phi) is 2.77. The van der Waals surface area contributed by atoms with Crippen LogP contribution >= 0.6 is 23.2 Å². The number of aromatic amines is 1. The van der Waals surface area contributed by atoms with E-state index in [-0.39, 0.29) is 5.28 Å². The molecule has 0 saturated heterocycles. The van der Waals surface area contributed by atoms with E-state index in [1.165, 1.54) is 0 Å². The van der Waals surface area contributed by atoms with Crippen molar-refractivity contribution in [1.82, 2.24) is 20.2 Å². The number of nitrogens with zero attached hydrogens (tertiary/aromatic N) is 3. The van der Waals surface area contributed by atoms with Crippen LogP contribution < -0.4 is 5.32 Å². The first-order valence-electron chi connectivity index (χ1n) is 5.11. The van der Waals surface area contributed by atoms with Gasteiger partial charge in [-0.3, -0.25) is 5.10 Å². The monoisotopic (exact) mass is 279 g/mol. The van der Waals surface area contributed by atoms with E-state index in [1.54, 1.807) is 18.3 Å². The average Bonchev–Trinajstić information content (AvgIpc) is 2.80. The Morgan fingerprint density at radius 1 is 1.06 bits per heavy atom. The SMILES string of the molecule is Clc1ccc(Nc2nc(Cl)nc3[nH]ncc23)cc1. The molecule has 0 radical (unpaired) electrons. The molecule has 1 aromatic carbocycles. The van der Waals surface area contributed by atoms with Gasteiger partial charge in [-0.05, 0) is 35.9 Å². The fraction of sp³-hybridized carbons (Fsp3) is 0. The van der Waals surface area contributed by atoms with Gasteiger partial charge in [0.1, 0.15) is 5.82 Å². The molecule has 2 heterocycles. The van der Waals surface area contributed by atoms with Gasteiger partial charge in [-0.15, -0.1) is 0 Å². The van der Waals surface area contributed by atoms with Crippen molar-refractivity contribution in [3.63, 3.8) is 0 Å². The van der Waals surface area contributed by atoms with Crippen molar-refractivity contribution < 1.29 is 0 Å². The molecule has 0 aliphatic heterocycles. The fourth-order valence-corrected chi connectivity index (χ4v) is 1.87. The molecule has 0 aliphatic rings. The summed E-state index contributed by atoms with van der Waals surface area (Å²) in [5.41, 5.74) is 1.45. The summed E-state index contributed by atoms with van der Waals surface area (Å²) < 4.78 is 0. The van der Waals surface area contributed by atoms with Gasteiger partial charge >= 0.3 is 0 Å². The smallest absolute Gasteiger partial charge is 0.226 e. The van der Waals surface area contributed by atoms with E-state index < -0.39 is 0 Å². The zero-order valence-electron chi connectivity index (χ0n) is 8.98. The van der Waals surface area contributed by atoms with Gasteiger partial charge in [0.15, 0.2) is 5.65 Å². The van der Waals surface area contributed by atoms with Crippen molar-refractivity contribution in [2.75, 3.05) is 5.32 Å². The number of anilines is 2. The van der Waals surface area contributed by atoms with Crippen LogP contribution in [-0.4, -0.2) is 20.2 Å². The average molecular weight is 280 g/mol. The molecule has 18 heavy (non-hydrogen) atoms. The zero-order chi connectivity index (χ0) is 12.5. The lowest BCUT2D eigenvalue weighted by molar-refractivity contribution is 1.09. The Labute approximate surface area is 112 Å². The van der Waals surface area contributed by atoms with E-state index in [2.05, 4.69) is 25.5 Å². The molecular weight excluding hydrogens is 273 g/mol. The minimum Gasteiger partial charge on any atom is -0.339 e. The molecule has 2 N–H and O–H groups in total. The van der Waals surface area contributed by atoms with Crippen LogP contribution in [0.3, 0.4) is 0 Å². The van der Waals surface area contributed by atoms with E-state index in [1.807, 2.05) is 12.1 Å². The molecule has 3 aromatic rings. The maximum atomic E-state index is 5.84. The third-order valence-corrected chi connectivity index (χ3v) is 2.81. The maximum absolute atomic E-state index is 5.84. The molecular formula is C11H7Cl2N5. The number of rotatable bonds is 2. The Balaban J connectivity index is 2.03. The minimum atomic E-state index is 0.156. The van der Waals surface area contributed by atoms with Gasteiger partial charge in [-0.2, -0.15) is 15.1 Å². The van der Waals surface area contributed by atoms with E-state index in [0.29, 0.717) is 16.5 Å². The number of hydrogen-bond donors (Lipinski definition) is 2. The topological polar surface area (TPSA) is 66.5 Å². The second-order valence-corrected chi connectivity index (χ2v) is 4.38. The first kappa shape index (κ1) is 11.3. The second-order valence-electron chi connectivity index (χ2n) is 3.61. The lowest BCUT2D eigenvalue weighted by atomic mass is 10.3. The molecule has 5 nitrogen and oxygen atoms in total. The van der Waals surface area contributed by atoms with Gasteiger partial charge in [0, 0.05) is 10.7 Å². The van der Waals surface area contributed by atoms with E-state index in [9.17, 15) is 0 Å². The summed E-state index contributed by atoms with van der Waals surface area (Å²) in [5.74, 6) is 0.598. The highest BCUT2D eigenvalue weighted by molar-refractivity contribution is 6.30. The quantitative estimate of drug-likeness (QED) is 0.706. The van der Waals surface area contributed by atoms with Crippen LogP contribution in [0.25, 0.3) is 11.0 Å². The molecule has 3 rings (SSSR count). The first-order chi connectivity index (χ1) is 8.72. The number of benzene rings is 1. The van der Waals surface area contributed by atoms with Crippen molar-refractivity contribution in [2.24, 2.45) is 0 Å². The summed E-state index contributed by atoms with van der Waals surface area (Å²) in [4.78, 5) is 8.17. The summed E-state index contributed by atoms with van der Waals surface area (Å²) >= 11 is 11.7. The molecule has 0 spiro atoms. The Hall–Kier alpha value is -1.85. The van der Waals surface area contributed by atoms with Crippen LogP contribution in [0.4, 0.5) is 11.5 Å². The molecule has 0 aliphatic carbocycles. The molecule has 90 valence electrons. The number of halogens is 2. The maximum Gasteiger partial charge on any atom is 0.226 e. The van der Waals surface area contributed by atoms with Crippen molar-refractivity contribution in [1.29, 1.82) is 0 Å². The van der Waals surface area contributed by atoms with E-state index >= 15 is 0 Å². The van der Waals surface area contributed by atoms with E-state index in [4.69, 9.17) is 23.2 Å². The molecule has 0 saturated carbocycles. The number of H-pyrrole nitrogens is 1. The number of aromatic nitrogens is 4. The zero-order valence-corrected chi connectivity index (χ0v) is 10.5. The fourth-order valence-electron chi connectivity index (χ4n) is 1.57. The summed E-state index contributed by atoms with van der Waals surface area (Å²) in [5, 5.41) is 11.4. The minimum absolute atomic E-state index is 0.156. The number of nitrogens with one attached hydrogen (secondary N) is 2. The van der Waals surface area contributed by atoms with Gasteiger partial charge in [-0.25, -0.2) is 0 Å². The normalized spacial score (nSPS) is 10.8. The Morgan fingerprint density at radius 3 is 2.61 bits per heavy atom. The van der Waals surface area contributed by atoms with Gasteiger partial charge in [0.25, 0.3) is 0 Å². The summed E-state index contributed by atoms with van der Waals surface area (Å²) in [6.45, 7) is 0. The van der Waals surface area contributed by atoms with Crippen molar-refractivity contribution in [3.8, 4) is 0 Å². The molecule has 0 unspecified atom stereocenters. The summed E-state index contributed by atoms with van der Waals surface area (Å²) in [6, 6.07) is 7.28. The second kappa shape index (κ2) is 4.44. The van der Waals surface area contributed by atoms with Crippen LogP contribution in [0, 0.1) is 0 Å². The third-order valence-electron chi connectivity index (χ3n) is 2.39. The van der Waals surface area contributed by atoms with Crippen LogP contribution in [-0.2, 0) is 0 Å². The third kappa shape index (κ3) is 2.10. The van der Waals surface area contributed by atoms with Gasteiger partial charge in [0.05, 0.1) is 11.6 Å². The molecule has 7 heteroatoms. The van der Waals surface area contributed by atoms with Gasteiger partial charge < -0.3 is 5.32 Å². The predicted molar refractivity (Wildman–Crippen MR) is 71.4 cm³/mol. The largest absolute Gasteiger partial charge is 0.339 e. The standard InChI is InChI=1S/C11H7Cl2N5/c12-6-1-3-7(4-2-6)15-9-8-5-14-18-10(8)17-11(13)16-9/h1-5H,(H2,14,15,16,17,18). The van der Waals surface area contributed by atoms with Gasteiger partial charge in [-0.1, -0.05) is 11.6 Å². The van der Waals surface area contributed by atoms with Crippen LogP contribution in [0.15, 0.2) is 30.5 Å². The predicted octanol–water partition coefficient (Wildman–Crippen LogP) is 3.40. The van der Waals surface area contributed by atoms with Crippen LogP contribution in [0.5, 0.6) is 0 Å². The highest BCUT2D eigenvalue weighted by Crippen LogP contribution is 2.24. The molecule has 0 atom stereocenters. The lowest BCUT2D eigenvalue weighted by Crippen LogP contribution is -1.96. The highest BCUT2D eigenvalue weighted by Gasteiger charge is 2.08. The first-order valence-corrected chi connectivity index (χ1v) is 5.87. The van der Waals surface area contributed by atoms with Crippen molar-refractivity contribution >= 4 is 45.7 Å². The van der Waals surface area contributed by atoms with Crippen molar-refractivity contribution in [2.45, 2.75) is 0 Å². The highest BCUT2D eigenvalue weighted by atomic mass is 35.5. The molecule has 2 aromatic heterocycles. The lowest BCUT2D eigenvalue weighted by Gasteiger charge is -2.06. The Bertz CT molecular complexity index is 692. The molecule has 0 bridgehead atoms. The van der Waals surface area contributed by atoms with Gasteiger partial charge in [0.2, 0.25) is 5.28 Å².